The highest BCUT2D eigenvalue weighted by Crippen LogP contribution is 2.51. The highest BCUT2D eigenvalue weighted by atomic mass is 15.2. The summed E-state index contributed by atoms with van der Waals surface area (Å²) >= 11 is 0. The largest absolute Gasteiger partial charge is 0.311 e. The third-order valence-corrected chi connectivity index (χ3v) is 16.4. The summed E-state index contributed by atoms with van der Waals surface area (Å²) in [4.78, 5) is 6.47. The van der Waals surface area contributed by atoms with Crippen molar-refractivity contribution in [2.75, 3.05) is 4.90 Å². The van der Waals surface area contributed by atoms with Crippen molar-refractivity contribution in [2.45, 2.75) is 59.3 Å². The van der Waals surface area contributed by atoms with Gasteiger partial charge in [-0.25, -0.2) is 4.85 Å². The van der Waals surface area contributed by atoms with E-state index < -0.39 is 0 Å². The summed E-state index contributed by atoms with van der Waals surface area (Å²) in [6.07, 6.45) is 0. The molecule has 14 rings (SSSR count). The average Bonchev–Trinajstić information content (AvgIpc) is 4.31. The predicted molar refractivity (Wildman–Crippen MR) is 324 cm³/mol. The summed E-state index contributed by atoms with van der Waals surface area (Å²) < 4.78 is 7.50. The molecule has 0 spiro atoms. The number of anilines is 3. The van der Waals surface area contributed by atoms with Crippen molar-refractivity contribution in [3.63, 3.8) is 0 Å². The number of fused-ring (bicyclic) bond motifs is 14. The summed E-state index contributed by atoms with van der Waals surface area (Å²) in [5.41, 5.74) is 22.3. The summed E-state index contributed by atoms with van der Waals surface area (Å²) in [7, 11) is 0. The van der Waals surface area contributed by atoms with E-state index in [-0.39, 0.29) is 6.71 Å². The Bertz CT molecular complexity index is 4500. The molecule has 4 heterocycles. The Morgan fingerprint density at radius 3 is 1.36 bits per heavy atom. The lowest BCUT2D eigenvalue weighted by atomic mass is 9.33. The molecule has 5 nitrogen and oxygen atoms in total. The second-order valence-corrected chi connectivity index (χ2v) is 21.7. The smallest absolute Gasteiger partial charge is 0.247 e. The van der Waals surface area contributed by atoms with E-state index in [0.29, 0.717) is 23.4 Å². The zero-order valence-corrected chi connectivity index (χ0v) is 43.8. The van der Waals surface area contributed by atoms with Crippen molar-refractivity contribution in [3.8, 4) is 17.1 Å². The topological polar surface area (TPSA) is 22.4 Å². The zero-order valence-electron chi connectivity index (χ0n) is 43.8. The molecule has 1 aliphatic heterocycles. The van der Waals surface area contributed by atoms with Gasteiger partial charge in [0.1, 0.15) is 0 Å². The second-order valence-electron chi connectivity index (χ2n) is 21.7. The normalized spacial score (nSPS) is 12.6. The first-order valence-electron chi connectivity index (χ1n) is 26.9. The van der Waals surface area contributed by atoms with Crippen LogP contribution in [-0.2, 0) is 0 Å². The van der Waals surface area contributed by atoms with Crippen molar-refractivity contribution >= 4 is 111 Å². The first kappa shape index (κ1) is 45.6. The van der Waals surface area contributed by atoms with Crippen molar-refractivity contribution < 1.29 is 0 Å². The Kier molecular flexibility index (Phi) is 10.5. The van der Waals surface area contributed by atoms with Crippen molar-refractivity contribution in [1.29, 1.82) is 0 Å². The van der Waals surface area contributed by atoms with Gasteiger partial charge in [-0.3, -0.25) is 0 Å². The summed E-state index contributed by atoms with van der Waals surface area (Å²) in [5.74, 6) is 1.06. The van der Waals surface area contributed by atoms with E-state index in [1.807, 2.05) is 18.2 Å². The highest BCUT2D eigenvalue weighted by Gasteiger charge is 2.39. The minimum absolute atomic E-state index is 0.00789. The van der Waals surface area contributed by atoms with E-state index in [0.717, 1.165) is 61.2 Å². The maximum atomic E-state index is 8.15. The van der Waals surface area contributed by atoms with Gasteiger partial charge in [0.05, 0.1) is 39.7 Å². The maximum absolute atomic E-state index is 8.15. The minimum atomic E-state index is -0.00789. The number of aromatic nitrogens is 3. The fraction of sp³-hybridized carbons (Fsp3) is 0.129. The molecule has 76 heavy (non-hydrogen) atoms. The lowest BCUT2D eigenvalue weighted by Crippen LogP contribution is -2.59. The van der Waals surface area contributed by atoms with Crippen LogP contribution < -0.4 is 21.3 Å². The molecule has 10 aromatic carbocycles. The van der Waals surface area contributed by atoms with E-state index in [1.54, 1.807) is 0 Å². The molecule has 0 N–H and O–H groups in total. The van der Waals surface area contributed by atoms with Gasteiger partial charge in [-0.15, -0.1) is 0 Å². The van der Waals surface area contributed by atoms with Crippen LogP contribution in [0.5, 0.6) is 0 Å². The third kappa shape index (κ3) is 6.65. The lowest BCUT2D eigenvalue weighted by Gasteiger charge is -2.39. The van der Waals surface area contributed by atoms with Crippen LogP contribution in [0.3, 0.4) is 0 Å². The van der Waals surface area contributed by atoms with Crippen LogP contribution >= 0.6 is 0 Å². The van der Waals surface area contributed by atoms with Gasteiger partial charge in [-0.1, -0.05) is 187 Å². The van der Waals surface area contributed by atoms with Crippen LogP contribution in [0.25, 0.3) is 87.3 Å². The Hall–Kier alpha value is -9.05. The van der Waals surface area contributed by atoms with E-state index in [1.165, 1.54) is 71.4 Å². The zero-order chi connectivity index (χ0) is 51.5. The van der Waals surface area contributed by atoms with Crippen LogP contribution in [0, 0.1) is 6.57 Å². The van der Waals surface area contributed by atoms with E-state index in [9.17, 15) is 0 Å². The Labute approximate surface area is 444 Å². The van der Waals surface area contributed by atoms with Gasteiger partial charge in [-0.05, 0) is 118 Å². The van der Waals surface area contributed by atoms with Gasteiger partial charge in [-0.2, -0.15) is 0 Å². The number of rotatable bonds is 8. The number of hydrogen-bond donors (Lipinski definition) is 0. The van der Waals surface area contributed by atoms with E-state index in [2.05, 4.69) is 259 Å². The molecular weight excluding hydrogens is 922 g/mol. The van der Waals surface area contributed by atoms with Crippen molar-refractivity contribution in [1.82, 2.24) is 13.7 Å². The maximum Gasteiger partial charge on any atom is 0.247 e. The SMILES string of the molecule is [C-]#[N+]c1cccc(-n2c3ccccc3c3c4c(c5ccccc5n4-c4ccccc4)c4c(c5ccccc5n4-c4ccc5c(c4)N(c4ccccc4)c4ccccc4B5c4c(C(C)C)cc(C(C)C)cc4C(C)C)c32)c1. The fourth-order valence-electron chi connectivity index (χ4n) is 13.1. The summed E-state index contributed by atoms with van der Waals surface area (Å²) in [6.45, 7) is 22.3. The Balaban J connectivity index is 1.18. The van der Waals surface area contributed by atoms with Crippen LogP contribution in [0.2, 0.25) is 0 Å². The molecule has 0 saturated carbocycles. The van der Waals surface area contributed by atoms with Gasteiger partial charge < -0.3 is 18.6 Å². The minimum Gasteiger partial charge on any atom is -0.311 e. The van der Waals surface area contributed by atoms with Crippen LogP contribution in [0.4, 0.5) is 22.7 Å². The molecule has 0 amide bonds. The number of nitrogens with zero attached hydrogens (tertiary/aromatic N) is 5. The fourth-order valence-corrected chi connectivity index (χ4v) is 13.1. The highest BCUT2D eigenvalue weighted by molar-refractivity contribution is 6.98. The molecule has 0 bridgehead atoms. The molecule has 0 unspecified atom stereocenters. The Morgan fingerprint density at radius 1 is 0.382 bits per heavy atom. The molecule has 0 atom stereocenters. The van der Waals surface area contributed by atoms with Gasteiger partial charge in [0.15, 0.2) is 5.69 Å². The van der Waals surface area contributed by atoms with Gasteiger partial charge >= 0.3 is 0 Å². The van der Waals surface area contributed by atoms with E-state index >= 15 is 0 Å². The number of hydrogen-bond acceptors (Lipinski definition) is 1. The number of benzene rings is 10. The van der Waals surface area contributed by atoms with Gasteiger partial charge in [0, 0.05) is 66.4 Å². The van der Waals surface area contributed by atoms with Crippen molar-refractivity contribution in [2.24, 2.45) is 0 Å². The predicted octanol–water partition coefficient (Wildman–Crippen LogP) is 17.2. The summed E-state index contributed by atoms with van der Waals surface area (Å²) in [5, 5.41) is 7.07. The van der Waals surface area contributed by atoms with Crippen molar-refractivity contribution in [3.05, 3.63) is 240 Å². The average molecular weight is 978 g/mol. The molecule has 0 fully saturated rings. The monoisotopic (exact) mass is 977 g/mol. The molecule has 6 heteroatoms. The van der Waals surface area contributed by atoms with Crippen LogP contribution in [0.15, 0.2) is 212 Å². The van der Waals surface area contributed by atoms with E-state index in [4.69, 9.17) is 6.57 Å². The molecule has 1 aliphatic rings. The Morgan fingerprint density at radius 2 is 0.829 bits per heavy atom. The lowest BCUT2D eigenvalue weighted by molar-refractivity contribution is 0.812. The number of para-hydroxylation sites is 6. The van der Waals surface area contributed by atoms with Crippen LogP contribution in [-0.4, -0.2) is 20.4 Å². The molecule has 0 radical (unpaired) electrons. The first-order chi connectivity index (χ1) is 37.2. The van der Waals surface area contributed by atoms with Crippen LogP contribution in [0.1, 0.15) is 76.0 Å². The quantitative estimate of drug-likeness (QED) is 0.110. The molecule has 13 aromatic rings. The van der Waals surface area contributed by atoms with Gasteiger partial charge in [0.2, 0.25) is 6.71 Å². The standard InChI is InChI=1S/C70H56BN5/c1-43(2)46-39-55(44(3)4)67(56(40-46)45(5)6)71-57-32-17-21-36-62(57)73(48-24-10-8-11-25-48)63-42-51(37-38-58(63)71)76-61-35-20-16-31-54(61)66-69-65(53-30-15-19-34-60(53)75(69)50-28-22-23-47(41-50)72-7)68-64(70(66)76)52-29-14-18-33-59(52)74(68)49-26-12-9-13-27-49/h8-45H,1-6H3. The summed E-state index contributed by atoms with van der Waals surface area (Å²) in [6, 6.07) is 78.3. The molecule has 0 saturated heterocycles. The third-order valence-electron chi connectivity index (χ3n) is 16.4. The first-order valence-corrected chi connectivity index (χ1v) is 26.9. The molecule has 364 valence electrons. The second kappa shape index (κ2) is 17.5. The van der Waals surface area contributed by atoms with Gasteiger partial charge in [0.25, 0.3) is 0 Å². The molecule has 3 aromatic heterocycles. The molecular formula is C70H56BN5. The molecule has 0 aliphatic carbocycles.